The van der Waals surface area contributed by atoms with E-state index in [0.717, 1.165) is 181 Å². The number of nitro groups is 1. The van der Waals surface area contributed by atoms with Gasteiger partial charge in [-0.3, -0.25) is 14.9 Å². The summed E-state index contributed by atoms with van der Waals surface area (Å²) in [6.07, 6.45) is 15.0. The van der Waals surface area contributed by atoms with Crippen molar-refractivity contribution in [2.45, 2.75) is 215 Å². The quantitative estimate of drug-likeness (QED) is 0.0167. The molecule has 4 saturated carbocycles. The number of hydrogen-bond acceptors (Lipinski definition) is 29. The van der Waals surface area contributed by atoms with Crippen LogP contribution in [0.2, 0.25) is 0 Å². The number of phenolic OH excluding ortho intramolecular Hbond substituents is 1. The van der Waals surface area contributed by atoms with Crippen LogP contribution in [0.3, 0.4) is 0 Å². The van der Waals surface area contributed by atoms with Crippen LogP contribution >= 0.6 is 56.7 Å². The molecule has 6 aromatic carbocycles. The Hall–Kier alpha value is -11.6. The number of phenols is 1. The molecule has 5 aromatic heterocycles. The maximum absolute atomic E-state index is 12.5. The Labute approximate surface area is 772 Å². The van der Waals surface area contributed by atoms with Crippen LogP contribution in [0, 0.1) is 50.7 Å². The largest absolute Gasteiger partial charge is 0.514 e. The summed E-state index contributed by atoms with van der Waals surface area (Å²) in [5, 5.41) is 33.9. The number of non-ortho nitro benzene ring substituents is 1. The predicted molar refractivity (Wildman–Crippen MR) is 501 cm³/mol. The summed E-state index contributed by atoms with van der Waals surface area (Å²) in [4.78, 5) is 104. The van der Waals surface area contributed by atoms with E-state index in [2.05, 4.69) is 24.9 Å². The van der Waals surface area contributed by atoms with Crippen LogP contribution in [0.5, 0.6) is 34.5 Å². The zero-order valence-corrected chi connectivity index (χ0v) is 79.2. The van der Waals surface area contributed by atoms with Gasteiger partial charge >= 0.3 is 30.4 Å². The Morgan fingerprint density at radius 1 is 0.419 bits per heavy atom. The van der Waals surface area contributed by atoms with Gasteiger partial charge < -0.3 is 72.3 Å². The first-order valence-electron chi connectivity index (χ1n) is 43.0. The molecule has 686 valence electrons. The molecular formula is C96H113N9O19S5. The Bertz CT molecular complexity index is 5450. The second-order valence-electron chi connectivity index (χ2n) is 31.8. The summed E-state index contributed by atoms with van der Waals surface area (Å²) in [6.45, 7) is 13.9. The van der Waals surface area contributed by atoms with Crippen LogP contribution in [-0.4, -0.2) is 158 Å². The van der Waals surface area contributed by atoms with Crippen molar-refractivity contribution in [3.05, 3.63) is 209 Å². The third-order valence-electron chi connectivity index (χ3n) is 22.1. The standard InChI is InChI=1S/C28H38N2O5S.C19H16N2O6S.C19H24N2O3S.C18H22N2O3S.C12H13NO2S/c1-18(2)34-27(31)21-8-7-11-24(16-21)35-23-14-12-20(13-15-23)26-25(29-19(3)36-26)17-33-28(32)30(4)22-9-5-6-10-22;1-12-20-17(18(28-12)13-3-7-15(25-2)8-4-13)11-26-19(22)27-16-9-5-14(6-10-16)21(23)24;1-13-20-17(12-24-19(22)21(2)15-6-4-5-7-15)18(25-13)14-8-10-16(23-3)11-9-14;1-12-19-16(17(24-12)13-7-9-15(21)10-8-13)11-23-18(22)20(2)14-5-3-4-6-14;1-8-13-11(7-14)12(16-8)9-3-5-10(15-2)6-4-9/h12-15,18,21-22,24H,5-11,16-17H2,1-4H3;3-10H,11H2,1-2H3;8-11,15H,4-7,12H2,1-3H3;7-10,14,21H,3-6,11H2,1-2H3;3-6,14H,7H2,1-2H3/t21-,24-;;;;/m0..../s1. The van der Waals surface area contributed by atoms with E-state index in [1.165, 1.54) is 74.1 Å². The minimum Gasteiger partial charge on any atom is -0.508 e. The number of rotatable bonds is 26. The van der Waals surface area contributed by atoms with Crippen LogP contribution in [0.25, 0.3) is 52.2 Å². The number of aryl methyl sites for hydroxylation is 5. The average Bonchev–Trinajstić information content (AvgIpc) is 2.09. The van der Waals surface area contributed by atoms with Gasteiger partial charge in [0.05, 0.1) is 129 Å². The Morgan fingerprint density at radius 3 is 1.04 bits per heavy atom. The van der Waals surface area contributed by atoms with Gasteiger partial charge in [-0.1, -0.05) is 38.5 Å². The summed E-state index contributed by atoms with van der Waals surface area (Å²) in [7, 11) is 10.4. The predicted octanol–water partition coefficient (Wildman–Crippen LogP) is 22.9. The van der Waals surface area contributed by atoms with Gasteiger partial charge in [-0.05, 0) is 274 Å². The summed E-state index contributed by atoms with van der Waals surface area (Å²) < 4.78 is 53.9. The molecule has 2 N–H and O–H groups in total. The van der Waals surface area contributed by atoms with Gasteiger partial charge in [-0.2, -0.15) is 0 Å². The van der Waals surface area contributed by atoms with Crippen molar-refractivity contribution in [3.63, 3.8) is 0 Å². The first-order chi connectivity index (χ1) is 62.1. The number of ether oxygens (including phenoxy) is 10. The number of carbonyl (C=O) groups excluding carboxylic acids is 5. The van der Waals surface area contributed by atoms with Crippen molar-refractivity contribution >= 4 is 92.8 Å². The van der Waals surface area contributed by atoms with E-state index in [4.69, 9.17) is 47.4 Å². The number of aliphatic hydroxyl groups is 1. The highest BCUT2D eigenvalue weighted by molar-refractivity contribution is 7.16. The molecule has 0 bridgehead atoms. The summed E-state index contributed by atoms with van der Waals surface area (Å²) in [5.74, 6) is 3.35. The maximum Gasteiger partial charge on any atom is 0.514 e. The lowest BCUT2D eigenvalue weighted by Crippen LogP contribution is -2.35. The fourth-order valence-corrected chi connectivity index (χ4v) is 20.0. The van der Waals surface area contributed by atoms with Gasteiger partial charge in [0.25, 0.3) is 5.69 Å². The van der Waals surface area contributed by atoms with Crippen molar-refractivity contribution in [2.24, 2.45) is 5.92 Å². The average molecular weight is 1860 g/mol. The molecule has 0 spiro atoms. The molecule has 33 heteroatoms. The van der Waals surface area contributed by atoms with E-state index in [1.54, 1.807) is 93.5 Å². The Balaban J connectivity index is 0.000000159. The molecule has 28 nitrogen and oxygen atoms in total. The Kier molecular flexibility index (Phi) is 36.6. The van der Waals surface area contributed by atoms with E-state index in [9.17, 15) is 44.3 Å². The highest BCUT2D eigenvalue weighted by atomic mass is 32.1. The number of thiazole rings is 5. The second-order valence-corrected chi connectivity index (χ2v) is 37.8. The van der Waals surface area contributed by atoms with Crippen molar-refractivity contribution in [1.82, 2.24) is 39.6 Å². The molecule has 2 atom stereocenters. The first-order valence-corrected chi connectivity index (χ1v) is 47.1. The van der Waals surface area contributed by atoms with E-state index >= 15 is 0 Å². The summed E-state index contributed by atoms with van der Waals surface area (Å²) in [5.41, 5.74) is 8.66. The number of nitro benzene ring substituents is 1. The van der Waals surface area contributed by atoms with Gasteiger partial charge in [0.2, 0.25) is 0 Å². The van der Waals surface area contributed by atoms with Gasteiger partial charge in [0.15, 0.2) is 0 Å². The molecule has 0 unspecified atom stereocenters. The topological polar surface area (TPSA) is 335 Å². The smallest absolute Gasteiger partial charge is 0.508 e. The van der Waals surface area contributed by atoms with E-state index in [0.29, 0.717) is 24.2 Å². The molecule has 3 amide bonds. The molecule has 11 aromatic rings. The minimum atomic E-state index is -0.916. The van der Waals surface area contributed by atoms with E-state index in [-0.39, 0.29) is 98.6 Å². The van der Waals surface area contributed by atoms with Crippen LogP contribution in [0.15, 0.2) is 146 Å². The fourth-order valence-electron chi connectivity index (χ4n) is 15.4. The zero-order chi connectivity index (χ0) is 92.2. The van der Waals surface area contributed by atoms with Crippen LogP contribution < -0.4 is 23.7 Å². The molecule has 0 saturated heterocycles. The normalized spacial score (nSPS) is 14.8. The number of methoxy groups -OCH3 is 3. The zero-order valence-electron chi connectivity index (χ0n) is 75.1. The van der Waals surface area contributed by atoms with Gasteiger partial charge in [-0.25, -0.2) is 44.1 Å². The second kappa shape index (κ2) is 48.1. The number of aliphatic hydroxyl groups excluding tert-OH is 1. The van der Waals surface area contributed by atoms with Crippen molar-refractivity contribution < 1.29 is 86.5 Å². The number of aromatic hydroxyl groups is 1. The maximum atomic E-state index is 12.5. The van der Waals surface area contributed by atoms with Crippen LogP contribution in [0.4, 0.5) is 24.9 Å². The summed E-state index contributed by atoms with van der Waals surface area (Å²) >= 11 is 7.85. The lowest BCUT2D eigenvalue weighted by molar-refractivity contribution is -0.384. The molecule has 0 radical (unpaired) electrons. The highest BCUT2D eigenvalue weighted by Crippen LogP contribution is 2.40. The minimum absolute atomic E-state index is 0.00629. The molecule has 4 aliphatic carbocycles. The number of nitrogens with zero attached hydrogens (tertiary/aromatic N) is 9. The number of carbonyl (C=O) groups is 5. The lowest BCUT2D eigenvalue weighted by atomic mass is 9.87. The molecule has 129 heavy (non-hydrogen) atoms. The van der Waals surface area contributed by atoms with E-state index in [1.807, 2.05) is 179 Å². The van der Waals surface area contributed by atoms with E-state index < -0.39 is 11.1 Å². The van der Waals surface area contributed by atoms with Crippen LogP contribution in [0.1, 0.15) is 170 Å². The number of esters is 1. The van der Waals surface area contributed by atoms with Crippen molar-refractivity contribution in [1.29, 1.82) is 0 Å². The third-order valence-corrected chi connectivity index (χ3v) is 27.5. The molecule has 5 heterocycles. The molecule has 4 fully saturated rings. The van der Waals surface area contributed by atoms with Gasteiger partial charge in [-0.15, -0.1) is 56.7 Å². The van der Waals surface area contributed by atoms with Crippen LogP contribution in [-0.2, 0) is 61.5 Å². The summed E-state index contributed by atoms with van der Waals surface area (Å²) in [6, 6.07) is 44.1. The lowest BCUT2D eigenvalue weighted by Gasteiger charge is -2.29. The molecular weight excluding hydrogens is 1740 g/mol. The Morgan fingerprint density at radius 2 is 0.721 bits per heavy atom. The monoisotopic (exact) mass is 1860 g/mol. The van der Waals surface area contributed by atoms with Gasteiger partial charge in [0, 0.05) is 51.4 Å². The first kappa shape index (κ1) is 98.0. The number of amides is 3. The molecule has 0 aliphatic heterocycles. The number of hydrogen-bond donors (Lipinski definition) is 2. The highest BCUT2D eigenvalue weighted by Gasteiger charge is 2.32. The third kappa shape index (κ3) is 28.4. The molecule has 15 rings (SSSR count). The van der Waals surface area contributed by atoms with Crippen molar-refractivity contribution in [3.8, 4) is 86.7 Å². The SMILES string of the molecule is COc1ccc(-c2sc(C)nc2CO)cc1.COc1ccc(-c2sc(C)nc2COC(=O)N(C)C2CCCC2)cc1.COc1ccc(-c2sc(C)nc2COC(=O)Oc2ccc([N+](=O)[O-])cc2)cc1.Cc1nc(COC(=O)N(C)C2CCCC2)c(-c2ccc(O)cc2)s1.Cc1nc(COC(=O)N(C)C2CCCC2)c(-c2ccc(O[C@H]3CCC[C@H](C(=O)OC(C)C)C3)cc2)s1. The van der Waals surface area contributed by atoms with Gasteiger partial charge in [0.1, 0.15) is 60.9 Å². The number of benzene rings is 6. The number of aromatic nitrogens is 5. The fraction of sp³-hybridized carbons (Fsp3) is 0.417. The molecule has 4 aliphatic rings. The van der Waals surface area contributed by atoms with Crippen molar-refractivity contribution in [2.75, 3.05) is 42.5 Å².